The molecule has 0 atom stereocenters. The van der Waals surface area contributed by atoms with Gasteiger partial charge in [0.2, 0.25) is 11.0 Å². The fraction of sp³-hybridized carbons (Fsp3) is 0.158. The highest BCUT2D eigenvalue weighted by Crippen LogP contribution is 2.27. The number of nitrogens with zero attached hydrogens (tertiary/aromatic N) is 2. The molecule has 0 saturated carbocycles. The number of halogens is 8. The highest BCUT2D eigenvalue weighted by atomic mass is 35.5. The van der Waals surface area contributed by atoms with E-state index in [1.54, 1.807) is 0 Å². The average Bonchev–Trinajstić information content (AvgIpc) is 3.11. The van der Waals surface area contributed by atoms with Crippen LogP contribution in [0.3, 0.4) is 0 Å². The highest BCUT2D eigenvalue weighted by molar-refractivity contribution is 6.31. The molecule has 6 aromatic rings. The van der Waals surface area contributed by atoms with Gasteiger partial charge >= 0.3 is 12.4 Å². The van der Waals surface area contributed by atoms with Crippen LogP contribution in [0.15, 0.2) is 109 Å². The Morgan fingerprint density at radius 3 is 1.28 bits per heavy atom. The lowest BCUT2D eigenvalue weighted by Crippen LogP contribution is -2.37. The molecule has 2 N–H and O–H groups in total. The van der Waals surface area contributed by atoms with Crippen LogP contribution in [0.4, 0.5) is 37.7 Å². The molecule has 8 bridgehead atoms. The summed E-state index contributed by atoms with van der Waals surface area (Å²) in [5, 5.41) is 28.6. The number of rotatable bonds is 0. The molecule has 280 valence electrons. The third-order valence-corrected chi connectivity index (χ3v) is 8.58. The maximum absolute atomic E-state index is 10.5. The van der Waals surface area contributed by atoms with E-state index >= 15 is 0 Å². The van der Waals surface area contributed by atoms with E-state index in [0.29, 0.717) is 0 Å². The van der Waals surface area contributed by atoms with E-state index in [9.17, 15) is 26.3 Å². The second-order valence-corrected chi connectivity index (χ2v) is 12.8. The zero-order valence-electron chi connectivity index (χ0n) is 27.8. The number of aromatic nitrogens is 2. The fourth-order valence-electron chi connectivity index (χ4n) is 5.58. The smallest absolute Gasteiger partial charge is 0.430 e. The number of pyridine rings is 2. The number of hydrogen-bond donors (Lipinski definition) is 2. The summed E-state index contributed by atoms with van der Waals surface area (Å²) in [4.78, 5) is 17.6. The molecule has 0 saturated heterocycles. The molecule has 54 heavy (non-hydrogen) atoms. The minimum absolute atomic E-state index is 0.729. The van der Waals surface area contributed by atoms with Crippen molar-refractivity contribution in [2.75, 3.05) is 10.6 Å². The number of hydrogen-bond acceptors (Lipinski definition) is 6. The van der Waals surface area contributed by atoms with Crippen molar-refractivity contribution in [2.24, 2.45) is 0 Å². The highest BCUT2D eigenvalue weighted by Gasteiger charge is 2.29. The summed E-state index contributed by atoms with van der Waals surface area (Å²) in [6.45, 7) is 2.96. The molecule has 4 aromatic carbocycles. The predicted molar refractivity (Wildman–Crippen MR) is 186 cm³/mol. The zero-order chi connectivity index (χ0) is 39.2. The van der Waals surface area contributed by atoms with Gasteiger partial charge in [-0.3, -0.25) is 0 Å². The van der Waals surface area contributed by atoms with Gasteiger partial charge in [-0.25, -0.2) is 0 Å². The summed E-state index contributed by atoms with van der Waals surface area (Å²) in [5.41, 5.74) is 9.31. The molecule has 0 radical (unpaired) electrons. The lowest BCUT2D eigenvalue weighted by atomic mass is 10.1. The predicted octanol–water partition coefficient (Wildman–Crippen LogP) is 6.11. The SMILES string of the molecule is Clc1ccc2c3cc[n+](c2c1)Cc1cccc(c1)C[n+]1ccc(c2ccc(Cl)cc21)NCc1ccc(cc1)CN3.O=C([O-])C(F)(F)F.O=C([O-])C(F)(F)F. The van der Waals surface area contributed by atoms with Crippen LogP contribution in [-0.2, 0) is 35.8 Å². The Hall–Kier alpha value is -5.60. The van der Waals surface area contributed by atoms with Gasteiger partial charge in [0.15, 0.2) is 25.5 Å². The van der Waals surface area contributed by atoms with Gasteiger partial charge in [-0.15, -0.1) is 0 Å². The molecular formula is C38H28Cl2F6N4O4. The molecule has 4 aliphatic heterocycles. The number of aliphatic carboxylic acids is 2. The Kier molecular flexibility index (Phi) is 12.2. The third kappa shape index (κ3) is 10.3. The molecule has 10 rings (SSSR count). The van der Waals surface area contributed by atoms with Crippen LogP contribution in [-0.4, -0.2) is 24.3 Å². The summed E-state index contributed by atoms with van der Waals surface area (Å²) < 4.78 is 67.6. The van der Waals surface area contributed by atoms with Gasteiger partial charge in [-0.2, -0.15) is 35.5 Å². The summed E-state index contributed by atoms with van der Waals surface area (Å²) in [6.07, 6.45) is -6.10. The molecule has 6 heterocycles. The van der Waals surface area contributed by atoms with E-state index in [1.165, 1.54) is 22.3 Å². The first-order chi connectivity index (χ1) is 25.5. The first-order valence-electron chi connectivity index (χ1n) is 15.9. The summed E-state index contributed by atoms with van der Waals surface area (Å²) >= 11 is 13.0. The Bertz CT molecular complexity index is 2160. The van der Waals surface area contributed by atoms with Crippen LogP contribution in [0, 0.1) is 0 Å². The number of fused-ring (bicyclic) bond motifs is 1. The van der Waals surface area contributed by atoms with E-state index in [2.05, 4.69) is 117 Å². The van der Waals surface area contributed by atoms with Gasteiger partial charge in [0, 0.05) is 58.5 Å². The fourth-order valence-corrected chi connectivity index (χ4v) is 5.92. The lowest BCUT2D eigenvalue weighted by molar-refractivity contribution is -0.663. The van der Waals surface area contributed by atoms with Crippen LogP contribution in [0.25, 0.3) is 21.8 Å². The van der Waals surface area contributed by atoms with Crippen LogP contribution >= 0.6 is 23.2 Å². The molecule has 0 unspecified atom stereocenters. The van der Waals surface area contributed by atoms with Gasteiger partial charge < -0.3 is 30.4 Å². The van der Waals surface area contributed by atoms with Gasteiger partial charge in [0.05, 0.1) is 22.1 Å². The van der Waals surface area contributed by atoms with Crippen molar-refractivity contribution in [2.45, 2.75) is 38.5 Å². The van der Waals surface area contributed by atoms with Crippen molar-refractivity contribution in [3.63, 3.8) is 0 Å². The molecule has 0 spiro atoms. The minimum Gasteiger partial charge on any atom is -0.542 e. The number of benzene rings is 4. The summed E-state index contributed by atoms with van der Waals surface area (Å²) in [6, 6.07) is 34.1. The molecule has 4 aliphatic rings. The van der Waals surface area contributed by atoms with Crippen LogP contribution < -0.4 is 30.0 Å². The Labute approximate surface area is 313 Å². The number of anilines is 2. The van der Waals surface area contributed by atoms with Crippen molar-refractivity contribution in [1.82, 2.24) is 0 Å². The second-order valence-electron chi connectivity index (χ2n) is 12.0. The van der Waals surface area contributed by atoms with Gasteiger partial charge in [-0.05, 0) is 41.5 Å². The van der Waals surface area contributed by atoms with Gasteiger partial charge in [-0.1, -0.05) is 65.7 Å². The number of carboxylic acid groups (broad SMARTS) is 2. The number of nitrogens with one attached hydrogen (secondary N) is 2. The normalized spacial score (nSPS) is 12.7. The monoisotopic (exact) mass is 788 g/mol. The Balaban J connectivity index is 0.000000342. The summed E-state index contributed by atoms with van der Waals surface area (Å²) in [5.74, 6) is -6.01. The van der Waals surface area contributed by atoms with E-state index in [-0.39, 0.29) is 0 Å². The van der Waals surface area contributed by atoms with Crippen LogP contribution in [0.1, 0.15) is 22.3 Å². The largest absolute Gasteiger partial charge is 0.542 e. The van der Waals surface area contributed by atoms with E-state index in [1.807, 2.05) is 12.1 Å². The lowest BCUT2D eigenvalue weighted by Gasteiger charge is -2.12. The van der Waals surface area contributed by atoms with Gasteiger partial charge in [0.25, 0.3) is 0 Å². The van der Waals surface area contributed by atoms with Crippen molar-refractivity contribution in [3.05, 3.63) is 142 Å². The van der Waals surface area contributed by atoms with Crippen molar-refractivity contribution < 1.29 is 55.3 Å². The van der Waals surface area contributed by atoms with Gasteiger partial charge in [0.1, 0.15) is 11.9 Å². The zero-order valence-corrected chi connectivity index (χ0v) is 29.3. The van der Waals surface area contributed by atoms with Crippen molar-refractivity contribution in [3.8, 4) is 0 Å². The molecule has 0 aliphatic carbocycles. The number of carbonyl (C=O) groups excluding carboxylic acids is 2. The third-order valence-electron chi connectivity index (χ3n) is 8.11. The standard InChI is InChI=1S/C34H26Cl2N4.2C2HF3O2/c35-27-8-10-29-31-12-14-39(33(29)17-27)21-25-2-1-3-26(16-25)22-40-15-13-32(30-11-9-28(36)18-34(30)40)38-20-24-6-4-23(5-7-24)19-37-31;2*3-2(4,5)1(6)7/h1-18H,19-22H2;2*(H,6,7). The Morgan fingerprint density at radius 2 is 0.926 bits per heavy atom. The van der Waals surface area contributed by atoms with E-state index in [0.717, 1.165) is 69.4 Å². The molecule has 8 nitrogen and oxygen atoms in total. The molecular weight excluding hydrogens is 761 g/mol. The maximum atomic E-state index is 10.5. The topological polar surface area (TPSA) is 112 Å². The number of alkyl halides is 6. The van der Waals surface area contributed by atoms with Crippen LogP contribution in [0.5, 0.6) is 0 Å². The maximum Gasteiger partial charge on any atom is 0.430 e. The quantitative estimate of drug-likeness (QED) is 0.142. The second kappa shape index (κ2) is 16.6. The first-order valence-corrected chi connectivity index (χ1v) is 16.7. The number of carbonyl (C=O) groups is 2. The van der Waals surface area contributed by atoms with E-state index < -0.39 is 24.3 Å². The molecule has 0 fully saturated rings. The first kappa shape index (κ1) is 39.6. The minimum atomic E-state index is -5.19. The van der Waals surface area contributed by atoms with Crippen molar-refractivity contribution >= 4 is 68.3 Å². The molecule has 2 aromatic heterocycles. The number of carboxylic acids is 2. The van der Waals surface area contributed by atoms with E-state index in [4.69, 9.17) is 43.0 Å². The van der Waals surface area contributed by atoms with Crippen molar-refractivity contribution in [1.29, 1.82) is 0 Å². The van der Waals surface area contributed by atoms with Crippen LogP contribution in [0.2, 0.25) is 10.0 Å². The molecule has 0 amide bonds. The average molecular weight is 790 g/mol. The summed E-state index contributed by atoms with van der Waals surface area (Å²) in [7, 11) is 0. The Morgan fingerprint density at radius 1 is 0.556 bits per heavy atom. The molecule has 16 heteroatoms.